The second-order valence-corrected chi connectivity index (χ2v) is 8.54. The van der Waals surface area contributed by atoms with E-state index in [0.717, 1.165) is 13.0 Å². The number of aliphatic hydroxyl groups is 1. The number of rotatable bonds is 11. The highest BCUT2D eigenvalue weighted by atomic mass is 16.5. The third-order valence-corrected chi connectivity index (χ3v) is 4.88. The van der Waals surface area contributed by atoms with E-state index in [2.05, 4.69) is 24.5 Å². The van der Waals surface area contributed by atoms with E-state index in [9.17, 15) is 14.7 Å². The fourth-order valence-electron chi connectivity index (χ4n) is 3.04. The number of carbonyl (C=O) groups excluding carboxylic acids is 2. The van der Waals surface area contributed by atoms with Crippen molar-refractivity contribution in [1.29, 1.82) is 0 Å². The Hall–Kier alpha value is -1.18. The van der Waals surface area contributed by atoms with Crippen LogP contribution in [0.15, 0.2) is 0 Å². The molecule has 2 amide bonds. The summed E-state index contributed by atoms with van der Waals surface area (Å²) in [4.78, 5) is 25.6. The molecule has 0 aliphatic carbocycles. The first-order valence-electron chi connectivity index (χ1n) is 9.55. The normalized spacial score (nSPS) is 21.3. The molecule has 26 heavy (non-hydrogen) atoms. The van der Waals surface area contributed by atoms with Gasteiger partial charge in [0.05, 0.1) is 5.60 Å². The van der Waals surface area contributed by atoms with Crippen LogP contribution in [0.25, 0.3) is 0 Å². The van der Waals surface area contributed by atoms with Gasteiger partial charge in [0, 0.05) is 37.5 Å². The van der Waals surface area contributed by atoms with Gasteiger partial charge in [-0.3, -0.25) is 9.59 Å². The molecule has 7 nitrogen and oxygen atoms in total. The summed E-state index contributed by atoms with van der Waals surface area (Å²) >= 11 is 0. The number of aliphatic hydroxyl groups excluding tert-OH is 1. The van der Waals surface area contributed by atoms with E-state index in [0.29, 0.717) is 19.4 Å². The molecule has 152 valence electrons. The van der Waals surface area contributed by atoms with Crippen molar-refractivity contribution in [3.63, 3.8) is 0 Å². The van der Waals surface area contributed by atoms with Crippen molar-refractivity contribution in [3.05, 3.63) is 0 Å². The molecule has 3 N–H and O–H groups in total. The van der Waals surface area contributed by atoms with Crippen molar-refractivity contribution in [2.75, 3.05) is 26.7 Å². The van der Waals surface area contributed by atoms with Gasteiger partial charge in [-0.15, -0.1) is 0 Å². The smallest absolute Gasteiger partial charge is 0.227 e. The maximum Gasteiger partial charge on any atom is 0.227 e. The van der Waals surface area contributed by atoms with Gasteiger partial charge in [-0.05, 0) is 54.1 Å². The molecule has 2 atom stereocenters. The molecular weight excluding hydrogens is 334 g/mol. The number of nitrogens with zero attached hydrogens (tertiary/aromatic N) is 1. The van der Waals surface area contributed by atoms with Crippen LogP contribution in [0.3, 0.4) is 0 Å². The summed E-state index contributed by atoms with van der Waals surface area (Å²) in [5.74, 6) is -0.376. The van der Waals surface area contributed by atoms with Crippen LogP contribution in [0.5, 0.6) is 0 Å². The highest BCUT2D eigenvalue weighted by Crippen LogP contribution is 2.22. The molecule has 7 heteroatoms. The lowest BCUT2D eigenvalue weighted by atomic mass is 10.00. The number of ether oxygens (including phenoxy) is 1. The van der Waals surface area contributed by atoms with Crippen LogP contribution < -0.4 is 10.6 Å². The topological polar surface area (TPSA) is 90.9 Å². The van der Waals surface area contributed by atoms with Gasteiger partial charge in [0.1, 0.15) is 6.23 Å². The number of likely N-dealkylation sites (tertiary alicyclic amines) is 1. The average molecular weight is 372 g/mol. The van der Waals surface area contributed by atoms with E-state index < -0.39 is 11.8 Å². The molecule has 1 heterocycles. The Balaban J connectivity index is 2.34. The number of nitrogens with one attached hydrogen (secondary N) is 2. The highest BCUT2D eigenvalue weighted by molar-refractivity contribution is 5.82. The zero-order valence-corrected chi connectivity index (χ0v) is 17.2. The molecule has 1 saturated heterocycles. The van der Waals surface area contributed by atoms with E-state index in [1.54, 1.807) is 6.92 Å². The molecule has 2 unspecified atom stereocenters. The number of carbonyl (C=O) groups is 2. The second-order valence-electron chi connectivity index (χ2n) is 8.54. The molecule has 1 aliphatic heterocycles. The van der Waals surface area contributed by atoms with Crippen LogP contribution in [0.2, 0.25) is 0 Å². The van der Waals surface area contributed by atoms with Crippen molar-refractivity contribution >= 4 is 11.8 Å². The van der Waals surface area contributed by atoms with Gasteiger partial charge in [-0.25, -0.2) is 0 Å². The first-order chi connectivity index (χ1) is 12.0. The summed E-state index contributed by atoms with van der Waals surface area (Å²) in [6, 6.07) is 0. The lowest BCUT2D eigenvalue weighted by Crippen LogP contribution is -2.46. The van der Waals surface area contributed by atoms with Crippen LogP contribution in [0.1, 0.15) is 60.3 Å². The molecule has 0 aromatic carbocycles. The van der Waals surface area contributed by atoms with E-state index in [-0.39, 0.29) is 36.3 Å². The molecule has 0 aromatic heterocycles. The third-order valence-electron chi connectivity index (χ3n) is 4.88. The molecule has 1 aliphatic rings. The third kappa shape index (κ3) is 7.60. The van der Waals surface area contributed by atoms with E-state index in [4.69, 9.17) is 4.74 Å². The Kier molecular flexibility index (Phi) is 8.50. The number of hydrogen-bond donors (Lipinski definition) is 3. The lowest BCUT2D eigenvalue weighted by molar-refractivity contribution is -0.136. The summed E-state index contributed by atoms with van der Waals surface area (Å²) in [5.41, 5.74) is -0.594. The number of hydrogen-bond acceptors (Lipinski definition) is 5. The van der Waals surface area contributed by atoms with Crippen LogP contribution in [0, 0.1) is 5.92 Å². The molecule has 0 saturated carbocycles. The SMILES string of the molecule is CNCCC(C)(C)OCCC(C)(C)NC(=O)CCN1C(=O)C(C)CC1O. The summed E-state index contributed by atoms with van der Waals surface area (Å²) in [6.45, 7) is 11.6. The monoisotopic (exact) mass is 371 g/mol. The Bertz CT molecular complexity index is 479. The first-order valence-corrected chi connectivity index (χ1v) is 9.55. The van der Waals surface area contributed by atoms with Crippen molar-refractivity contribution < 1.29 is 19.4 Å². The van der Waals surface area contributed by atoms with Gasteiger partial charge >= 0.3 is 0 Å². The fourth-order valence-corrected chi connectivity index (χ4v) is 3.04. The summed E-state index contributed by atoms with van der Waals surface area (Å²) in [7, 11) is 1.92. The van der Waals surface area contributed by atoms with Gasteiger partial charge in [0.25, 0.3) is 0 Å². The molecule has 1 fully saturated rings. The fraction of sp³-hybridized carbons (Fsp3) is 0.895. The Morgan fingerprint density at radius 2 is 1.96 bits per heavy atom. The molecule has 1 rings (SSSR count). The highest BCUT2D eigenvalue weighted by Gasteiger charge is 2.35. The van der Waals surface area contributed by atoms with Gasteiger partial charge in [-0.1, -0.05) is 6.92 Å². The van der Waals surface area contributed by atoms with E-state index >= 15 is 0 Å². The Morgan fingerprint density at radius 3 is 2.50 bits per heavy atom. The standard InChI is InChI=1S/C19H37N3O4/c1-14-13-16(24)22(17(14)25)11-7-15(23)21-18(2,3)9-12-26-19(4,5)8-10-20-6/h14,16,20,24H,7-13H2,1-6H3,(H,21,23). The van der Waals surface area contributed by atoms with Gasteiger partial charge in [-0.2, -0.15) is 0 Å². The minimum absolute atomic E-state index is 0.0817. The van der Waals surface area contributed by atoms with Crippen molar-refractivity contribution in [1.82, 2.24) is 15.5 Å². The van der Waals surface area contributed by atoms with E-state index in [1.807, 2.05) is 20.9 Å². The van der Waals surface area contributed by atoms with E-state index in [1.165, 1.54) is 4.90 Å². The van der Waals surface area contributed by atoms with Gasteiger partial charge in [0.15, 0.2) is 0 Å². The quantitative estimate of drug-likeness (QED) is 0.509. The lowest BCUT2D eigenvalue weighted by Gasteiger charge is -2.30. The van der Waals surface area contributed by atoms with Crippen LogP contribution in [-0.2, 0) is 14.3 Å². The first kappa shape index (κ1) is 22.9. The molecule has 0 bridgehead atoms. The predicted molar refractivity (Wildman–Crippen MR) is 102 cm³/mol. The van der Waals surface area contributed by atoms with Gasteiger partial charge in [0.2, 0.25) is 11.8 Å². The Labute approximate surface area is 157 Å². The maximum absolute atomic E-state index is 12.2. The van der Waals surface area contributed by atoms with Gasteiger partial charge < -0.3 is 25.4 Å². The van der Waals surface area contributed by atoms with Crippen LogP contribution >= 0.6 is 0 Å². The maximum atomic E-state index is 12.2. The average Bonchev–Trinajstić information content (AvgIpc) is 2.75. The molecular formula is C19H37N3O4. The summed E-state index contributed by atoms with van der Waals surface area (Å²) in [6.07, 6.45) is 1.47. The second kappa shape index (κ2) is 9.67. The van der Waals surface area contributed by atoms with Crippen molar-refractivity contribution in [3.8, 4) is 0 Å². The van der Waals surface area contributed by atoms with Crippen LogP contribution in [0.4, 0.5) is 0 Å². The minimum Gasteiger partial charge on any atom is -0.375 e. The van der Waals surface area contributed by atoms with Crippen LogP contribution in [-0.4, -0.2) is 65.9 Å². The number of amides is 2. The molecule has 0 radical (unpaired) electrons. The molecule has 0 spiro atoms. The summed E-state index contributed by atoms with van der Waals surface area (Å²) in [5, 5.41) is 16.0. The van der Waals surface area contributed by atoms with Crippen molar-refractivity contribution in [2.24, 2.45) is 5.92 Å². The Morgan fingerprint density at radius 1 is 1.31 bits per heavy atom. The zero-order valence-electron chi connectivity index (χ0n) is 17.2. The predicted octanol–water partition coefficient (Wildman–Crippen LogP) is 1.25. The van der Waals surface area contributed by atoms with Crippen molar-refractivity contribution in [2.45, 2.75) is 77.7 Å². The minimum atomic E-state index is -0.772. The molecule has 0 aromatic rings. The largest absolute Gasteiger partial charge is 0.375 e. The zero-order chi connectivity index (χ0) is 20.0. The summed E-state index contributed by atoms with van der Waals surface area (Å²) < 4.78 is 5.95.